The van der Waals surface area contributed by atoms with Crippen LogP contribution >= 0.6 is 0 Å². The number of hydrogen-bond donors (Lipinski definition) is 2. The smallest absolute Gasteiger partial charge is 0.255 e. The standard InChI is InChI=1S/C34H38N2O4/c1-21-28-17-26-9-11-27(32(37)31(26)34(21,2)14-16-36(28)19-23-3-4-23)33(38)35-15-13-22-5-7-24(8-6-22)25-10-12-29-30(18-25)40-20-39-29/h5-12,18,21,23,28,37H,3-4,13-17,19-20H2,1-2H3,(H,35,38). The van der Waals surface area contributed by atoms with Crippen molar-refractivity contribution in [3.05, 3.63) is 76.9 Å². The molecular weight excluding hydrogens is 500 g/mol. The van der Waals surface area contributed by atoms with E-state index in [0.717, 1.165) is 59.1 Å². The minimum absolute atomic E-state index is 0.113. The first-order valence-corrected chi connectivity index (χ1v) is 14.8. The highest BCUT2D eigenvalue weighted by Gasteiger charge is 2.50. The van der Waals surface area contributed by atoms with Crippen LogP contribution in [0.5, 0.6) is 17.2 Å². The first-order chi connectivity index (χ1) is 19.4. The molecule has 1 saturated carbocycles. The Morgan fingerprint density at radius 3 is 2.62 bits per heavy atom. The molecular formula is C34H38N2O4. The number of amides is 1. The van der Waals surface area contributed by atoms with Crippen LogP contribution < -0.4 is 14.8 Å². The van der Waals surface area contributed by atoms with Crippen LogP contribution in [0.25, 0.3) is 11.1 Å². The Hall–Kier alpha value is -3.51. The first-order valence-electron chi connectivity index (χ1n) is 14.8. The highest BCUT2D eigenvalue weighted by atomic mass is 16.7. The number of benzene rings is 3. The van der Waals surface area contributed by atoms with Gasteiger partial charge < -0.3 is 19.9 Å². The summed E-state index contributed by atoms with van der Waals surface area (Å²) in [7, 11) is 0. The van der Waals surface area contributed by atoms with Gasteiger partial charge in [0.1, 0.15) is 5.75 Å². The fourth-order valence-corrected chi connectivity index (χ4v) is 7.23. The predicted octanol–water partition coefficient (Wildman–Crippen LogP) is 5.69. The molecule has 0 aromatic heterocycles. The van der Waals surface area contributed by atoms with Crippen molar-refractivity contribution in [2.75, 3.05) is 26.4 Å². The molecule has 2 aliphatic heterocycles. The van der Waals surface area contributed by atoms with Crippen LogP contribution in [-0.4, -0.2) is 48.4 Å². The lowest BCUT2D eigenvalue weighted by Gasteiger charge is -2.55. The van der Waals surface area contributed by atoms with E-state index in [1.54, 1.807) is 0 Å². The van der Waals surface area contributed by atoms with Gasteiger partial charge in [0.05, 0.1) is 5.56 Å². The fourth-order valence-electron chi connectivity index (χ4n) is 7.23. The van der Waals surface area contributed by atoms with Gasteiger partial charge >= 0.3 is 0 Å². The Balaban J connectivity index is 1.01. The van der Waals surface area contributed by atoms with Gasteiger partial charge in [-0.05, 0) is 90.9 Å². The average molecular weight is 539 g/mol. The largest absolute Gasteiger partial charge is 0.507 e. The van der Waals surface area contributed by atoms with Crippen molar-refractivity contribution in [2.24, 2.45) is 11.8 Å². The summed E-state index contributed by atoms with van der Waals surface area (Å²) in [6.07, 6.45) is 5.43. The normalized spacial score (nSPS) is 24.9. The summed E-state index contributed by atoms with van der Waals surface area (Å²) in [5.74, 6) is 2.86. The van der Waals surface area contributed by atoms with Crippen LogP contribution in [0.15, 0.2) is 54.6 Å². The molecule has 7 rings (SSSR count). The number of nitrogens with one attached hydrogen (secondary N) is 1. The number of fused-ring (bicyclic) bond motifs is 5. The van der Waals surface area contributed by atoms with Gasteiger partial charge in [-0.25, -0.2) is 0 Å². The van der Waals surface area contributed by atoms with E-state index in [1.165, 1.54) is 24.9 Å². The first kappa shape index (κ1) is 25.5. The van der Waals surface area contributed by atoms with Crippen LogP contribution in [0.4, 0.5) is 0 Å². The molecule has 2 aliphatic carbocycles. The molecule has 6 heteroatoms. The van der Waals surface area contributed by atoms with E-state index in [4.69, 9.17) is 9.47 Å². The van der Waals surface area contributed by atoms with Crippen molar-refractivity contribution in [1.29, 1.82) is 0 Å². The highest BCUT2D eigenvalue weighted by molar-refractivity contribution is 5.97. The van der Waals surface area contributed by atoms with Crippen molar-refractivity contribution in [2.45, 2.75) is 57.4 Å². The van der Waals surface area contributed by atoms with E-state index in [2.05, 4.69) is 54.4 Å². The number of carbonyl (C=O) groups is 1. The maximum atomic E-state index is 13.2. The molecule has 1 saturated heterocycles. The fraction of sp³-hybridized carbons (Fsp3) is 0.441. The molecule has 0 radical (unpaired) electrons. The van der Waals surface area contributed by atoms with Gasteiger partial charge in [0.25, 0.3) is 5.91 Å². The predicted molar refractivity (Wildman–Crippen MR) is 155 cm³/mol. The maximum absolute atomic E-state index is 13.2. The van der Waals surface area contributed by atoms with Crippen LogP contribution in [0.2, 0.25) is 0 Å². The lowest BCUT2D eigenvalue weighted by molar-refractivity contribution is 0.0271. The highest BCUT2D eigenvalue weighted by Crippen LogP contribution is 2.52. The number of likely N-dealkylation sites (tertiary alicyclic amines) is 1. The molecule has 2 bridgehead atoms. The molecule has 208 valence electrons. The van der Waals surface area contributed by atoms with E-state index in [9.17, 15) is 9.90 Å². The van der Waals surface area contributed by atoms with E-state index < -0.39 is 0 Å². The molecule has 0 spiro atoms. The number of aromatic hydroxyl groups is 1. The molecule has 2 N–H and O–H groups in total. The lowest BCUT2D eigenvalue weighted by atomic mass is 9.58. The summed E-state index contributed by atoms with van der Waals surface area (Å²) < 4.78 is 10.9. The third kappa shape index (κ3) is 4.43. The molecule has 3 unspecified atom stereocenters. The zero-order chi connectivity index (χ0) is 27.4. The number of nitrogens with zero attached hydrogens (tertiary/aromatic N) is 1. The molecule has 40 heavy (non-hydrogen) atoms. The van der Waals surface area contributed by atoms with Crippen LogP contribution in [0.1, 0.15) is 60.2 Å². The van der Waals surface area contributed by atoms with E-state index in [0.29, 0.717) is 30.5 Å². The van der Waals surface area contributed by atoms with E-state index in [1.807, 2.05) is 24.3 Å². The van der Waals surface area contributed by atoms with Crippen LogP contribution in [0.3, 0.4) is 0 Å². The van der Waals surface area contributed by atoms with Gasteiger partial charge in [-0.3, -0.25) is 9.69 Å². The number of rotatable bonds is 7. The third-order valence-electron chi connectivity index (χ3n) is 10.0. The monoisotopic (exact) mass is 538 g/mol. The van der Waals surface area contributed by atoms with Gasteiger partial charge in [0.2, 0.25) is 6.79 Å². The minimum Gasteiger partial charge on any atom is -0.507 e. The maximum Gasteiger partial charge on any atom is 0.255 e. The Morgan fingerprint density at radius 2 is 1.82 bits per heavy atom. The van der Waals surface area contributed by atoms with Crippen LogP contribution in [0, 0.1) is 11.8 Å². The van der Waals surface area contributed by atoms with Gasteiger partial charge in [0, 0.05) is 30.1 Å². The number of hydrogen-bond acceptors (Lipinski definition) is 5. The molecule has 3 atom stereocenters. The summed E-state index contributed by atoms with van der Waals surface area (Å²) in [4.78, 5) is 15.9. The molecule has 2 heterocycles. The van der Waals surface area contributed by atoms with Gasteiger partial charge in [-0.2, -0.15) is 0 Å². The lowest BCUT2D eigenvalue weighted by Crippen LogP contribution is -2.58. The Kier molecular flexibility index (Phi) is 6.26. The molecule has 1 amide bonds. The van der Waals surface area contributed by atoms with Gasteiger partial charge in [-0.1, -0.05) is 50.2 Å². The van der Waals surface area contributed by atoms with Crippen molar-refractivity contribution in [3.63, 3.8) is 0 Å². The summed E-state index contributed by atoms with van der Waals surface area (Å²) >= 11 is 0. The topological polar surface area (TPSA) is 71.0 Å². The van der Waals surface area contributed by atoms with Crippen LogP contribution in [-0.2, 0) is 18.3 Å². The number of phenols is 1. The molecule has 3 aromatic carbocycles. The van der Waals surface area contributed by atoms with E-state index in [-0.39, 0.29) is 23.9 Å². The number of piperidine rings is 1. The molecule has 2 fully saturated rings. The molecule has 3 aromatic rings. The van der Waals surface area contributed by atoms with Crippen molar-refractivity contribution in [1.82, 2.24) is 10.2 Å². The summed E-state index contributed by atoms with van der Waals surface area (Å²) in [5, 5.41) is 14.5. The van der Waals surface area contributed by atoms with Gasteiger partial charge in [-0.15, -0.1) is 0 Å². The van der Waals surface area contributed by atoms with Gasteiger partial charge in [0.15, 0.2) is 11.5 Å². The second-order valence-corrected chi connectivity index (χ2v) is 12.4. The SMILES string of the molecule is CC1C2Cc3ccc(C(=O)NCCc4ccc(-c5ccc6c(c5)OCO6)cc4)c(O)c3C1(C)CCN2CC1CC1. The number of phenolic OH excluding ortho intramolecular Hbond substituents is 1. The Labute approximate surface area is 236 Å². The van der Waals surface area contributed by atoms with Crippen molar-refractivity contribution < 1.29 is 19.4 Å². The van der Waals surface area contributed by atoms with Crippen molar-refractivity contribution in [3.8, 4) is 28.4 Å². The number of ether oxygens (including phenoxy) is 2. The summed E-state index contributed by atoms with van der Waals surface area (Å²) in [5.41, 5.74) is 5.83. The third-order valence-corrected chi connectivity index (χ3v) is 10.0. The quantitative estimate of drug-likeness (QED) is 0.404. The van der Waals surface area contributed by atoms with E-state index >= 15 is 0 Å². The zero-order valence-corrected chi connectivity index (χ0v) is 23.4. The molecule has 4 aliphatic rings. The minimum atomic E-state index is -0.207. The second kappa shape index (κ2) is 9.84. The summed E-state index contributed by atoms with van der Waals surface area (Å²) in [6.45, 7) is 7.70. The Morgan fingerprint density at radius 1 is 1.05 bits per heavy atom. The Bertz CT molecular complexity index is 1450. The average Bonchev–Trinajstić information content (AvgIpc) is 3.65. The van der Waals surface area contributed by atoms with Crippen molar-refractivity contribution >= 4 is 5.91 Å². The number of carbonyl (C=O) groups excluding carboxylic acids is 1. The summed E-state index contributed by atoms with van der Waals surface area (Å²) in [6, 6.07) is 18.8. The second-order valence-electron chi connectivity index (χ2n) is 12.4. The zero-order valence-electron chi connectivity index (χ0n) is 23.4. The molecule has 6 nitrogen and oxygen atoms in total.